The summed E-state index contributed by atoms with van der Waals surface area (Å²) in [6.07, 6.45) is 0.436. The first-order chi connectivity index (χ1) is 11.2. The van der Waals surface area contributed by atoms with E-state index in [1.54, 1.807) is 23.9 Å². The van der Waals surface area contributed by atoms with Gasteiger partial charge in [0.25, 0.3) is 0 Å². The molecule has 0 aliphatic carbocycles. The van der Waals surface area contributed by atoms with Gasteiger partial charge in [0.05, 0.1) is 6.54 Å². The van der Waals surface area contributed by atoms with E-state index in [9.17, 15) is 4.39 Å². The van der Waals surface area contributed by atoms with Crippen LogP contribution in [0.3, 0.4) is 0 Å². The van der Waals surface area contributed by atoms with Crippen LogP contribution in [-0.2, 0) is 26.6 Å². The first kappa shape index (κ1) is 13.8. The lowest BCUT2D eigenvalue weighted by Crippen LogP contribution is -2.36. The summed E-state index contributed by atoms with van der Waals surface area (Å²) < 4.78 is 17.5. The normalized spacial score (nSPS) is 14.1. The number of halogens is 1. The topological polar surface area (TPSA) is 77.5 Å². The molecule has 0 fully saturated rings. The number of aromatic nitrogens is 7. The van der Waals surface area contributed by atoms with Gasteiger partial charge in [-0.25, -0.2) is 9.07 Å². The highest BCUT2D eigenvalue weighted by Crippen LogP contribution is 2.19. The molecule has 0 amide bonds. The molecule has 1 aliphatic rings. The fraction of sp³-hybridized carbons (Fsp3) is 0.357. The van der Waals surface area contributed by atoms with E-state index in [1.165, 1.54) is 6.07 Å². The van der Waals surface area contributed by atoms with E-state index in [-0.39, 0.29) is 5.82 Å². The molecule has 3 heterocycles. The number of aryl methyl sites for hydroxylation is 1. The van der Waals surface area contributed by atoms with Gasteiger partial charge in [-0.05, 0) is 22.1 Å². The van der Waals surface area contributed by atoms with Gasteiger partial charge in [0.1, 0.15) is 11.6 Å². The van der Waals surface area contributed by atoms with Crippen molar-refractivity contribution in [3.05, 3.63) is 47.3 Å². The third kappa shape index (κ3) is 2.43. The smallest absolute Gasteiger partial charge is 0.245 e. The Morgan fingerprint density at radius 1 is 1.13 bits per heavy atom. The first-order valence-corrected chi connectivity index (χ1v) is 7.34. The number of benzene rings is 1. The Morgan fingerprint density at radius 3 is 2.78 bits per heavy atom. The lowest BCUT2D eigenvalue weighted by atomic mass is 10.1. The molecule has 8 nitrogen and oxygen atoms in total. The predicted octanol–water partition coefficient (Wildman–Crippen LogP) is 0.552. The van der Waals surface area contributed by atoms with Crippen LogP contribution in [0, 0.1) is 5.82 Å². The standard InChI is InChI=1S/C14H15FN8/c1-21-14(18-19-20-21)22-6-7-23-12(16-17-13(23)9-22)8-10-4-2-3-5-11(10)15/h2-5H,6-9H2,1H3. The molecule has 9 heteroatoms. The van der Waals surface area contributed by atoms with Gasteiger partial charge >= 0.3 is 0 Å². The highest BCUT2D eigenvalue weighted by Gasteiger charge is 2.24. The summed E-state index contributed by atoms with van der Waals surface area (Å²) in [5.41, 5.74) is 0.627. The molecule has 4 rings (SSSR count). The van der Waals surface area contributed by atoms with Gasteiger partial charge < -0.3 is 9.47 Å². The number of nitrogens with zero attached hydrogens (tertiary/aromatic N) is 8. The highest BCUT2D eigenvalue weighted by atomic mass is 19.1. The first-order valence-electron chi connectivity index (χ1n) is 7.34. The number of tetrazole rings is 1. The summed E-state index contributed by atoms with van der Waals surface area (Å²) in [5.74, 6) is 2.11. The molecule has 3 aromatic rings. The number of rotatable bonds is 3. The van der Waals surface area contributed by atoms with Gasteiger partial charge in [0, 0.05) is 26.6 Å². The maximum atomic E-state index is 13.8. The zero-order chi connectivity index (χ0) is 15.8. The van der Waals surface area contributed by atoms with Crippen LogP contribution in [-0.4, -0.2) is 41.5 Å². The average Bonchev–Trinajstić information content (AvgIpc) is 3.15. The lowest BCUT2D eigenvalue weighted by molar-refractivity contribution is 0.528. The fourth-order valence-electron chi connectivity index (χ4n) is 2.82. The van der Waals surface area contributed by atoms with Crippen molar-refractivity contribution in [3.8, 4) is 0 Å². The average molecular weight is 314 g/mol. The van der Waals surface area contributed by atoms with Crippen molar-refractivity contribution in [3.63, 3.8) is 0 Å². The second-order valence-electron chi connectivity index (χ2n) is 5.48. The molecular weight excluding hydrogens is 299 g/mol. The van der Waals surface area contributed by atoms with E-state index in [4.69, 9.17) is 0 Å². The Labute approximate surface area is 131 Å². The predicted molar refractivity (Wildman–Crippen MR) is 79.1 cm³/mol. The van der Waals surface area contributed by atoms with Crippen LogP contribution in [0.2, 0.25) is 0 Å². The molecule has 0 atom stereocenters. The summed E-state index contributed by atoms with van der Waals surface area (Å²) in [4.78, 5) is 2.05. The summed E-state index contributed by atoms with van der Waals surface area (Å²) in [5, 5.41) is 20.0. The summed E-state index contributed by atoms with van der Waals surface area (Å²) >= 11 is 0. The van der Waals surface area contributed by atoms with Crippen molar-refractivity contribution in [2.45, 2.75) is 19.5 Å². The van der Waals surface area contributed by atoms with Gasteiger partial charge in [-0.15, -0.1) is 10.2 Å². The van der Waals surface area contributed by atoms with E-state index in [1.807, 2.05) is 10.6 Å². The molecule has 0 N–H and O–H groups in total. The van der Waals surface area contributed by atoms with Gasteiger partial charge in [-0.2, -0.15) is 0 Å². The summed E-state index contributed by atoms with van der Waals surface area (Å²) in [7, 11) is 1.80. The second-order valence-corrected chi connectivity index (χ2v) is 5.48. The van der Waals surface area contributed by atoms with Crippen LogP contribution in [0.5, 0.6) is 0 Å². The second kappa shape index (κ2) is 5.41. The van der Waals surface area contributed by atoms with Crippen molar-refractivity contribution in [2.24, 2.45) is 7.05 Å². The van der Waals surface area contributed by atoms with Gasteiger partial charge in [-0.1, -0.05) is 23.3 Å². The van der Waals surface area contributed by atoms with E-state index < -0.39 is 0 Å². The van der Waals surface area contributed by atoms with Crippen LogP contribution in [0.1, 0.15) is 17.2 Å². The molecule has 1 aliphatic heterocycles. The Kier molecular flexibility index (Phi) is 3.25. The largest absolute Gasteiger partial charge is 0.330 e. The quantitative estimate of drug-likeness (QED) is 0.703. The molecule has 0 radical (unpaired) electrons. The molecule has 0 spiro atoms. The SMILES string of the molecule is Cn1nnnc1N1CCn2c(Cc3ccccc3F)nnc2C1. The maximum Gasteiger partial charge on any atom is 0.245 e. The Balaban J connectivity index is 1.58. The van der Waals surface area contributed by atoms with Crippen molar-refractivity contribution in [1.29, 1.82) is 0 Å². The third-order valence-corrected chi connectivity index (χ3v) is 4.02. The van der Waals surface area contributed by atoms with Crippen LogP contribution >= 0.6 is 0 Å². The van der Waals surface area contributed by atoms with Crippen LogP contribution < -0.4 is 4.90 Å². The lowest BCUT2D eigenvalue weighted by Gasteiger charge is -2.27. The molecule has 23 heavy (non-hydrogen) atoms. The Morgan fingerprint density at radius 2 is 2.00 bits per heavy atom. The van der Waals surface area contributed by atoms with Gasteiger partial charge in [-0.3, -0.25) is 0 Å². The van der Waals surface area contributed by atoms with E-state index in [0.29, 0.717) is 24.5 Å². The van der Waals surface area contributed by atoms with E-state index in [0.717, 1.165) is 24.7 Å². The molecule has 0 saturated carbocycles. The van der Waals surface area contributed by atoms with Crippen LogP contribution in [0.25, 0.3) is 0 Å². The fourth-order valence-corrected chi connectivity index (χ4v) is 2.82. The zero-order valence-electron chi connectivity index (χ0n) is 12.6. The van der Waals surface area contributed by atoms with Crippen molar-refractivity contribution >= 4 is 5.95 Å². The molecule has 1 aromatic carbocycles. The van der Waals surface area contributed by atoms with Crippen molar-refractivity contribution in [1.82, 2.24) is 35.0 Å². The third-order valence-electron chi connectivity index (χ3n) is 4.02. The maximum absolute atomic E-state index is 13.8. The van der Waals surface area contributed by atoms with Crippen LogP contribution in [0.4, 0.5) is 10.3 Å². The van der Waals surface area contributed by atoms with E-state index in [2.05, 4.69) is 30.6 Å². The summed E-state index contributed by atoms with van der Waals surface area (Å²) in [6.45, 7) is 2.06. The van der Waals surface area contributed by atoms with Gasteiger partial charge in [0.15, 0.2) is 5.82 Å². The van der Waals surface area contributed by atoms with Crippen molar-refractivity contribution < 1.29 is 4.39 Å². The highest BCUT2D eigenvalue weighted by molar-refractivity contribution is 5.30. The molecule has 0 bridgehead atoms. The minimum atomic E-state index is -0.215. The monoisotopic (exact) mass is 314 g/mol. The molecule has 118 valence electrons. The minimum Gasteiger partial charge on any atom is -0.330 e. The van der Waals surface area contributed by atoms with Gasteiger partial charge in [0.2, 0.25) is 5.95 Å². The Hall–Kier alpha value is -2.84. The van der Waals surface area contributed by atoms with Crippen molar-refractivity contribution in [2.75, 3.05) is 11.4 Å². The minimum absolute atomic E-state index is 0.215. The zero-order valence-corrected chi connectivity index (χ0v) is 12.6. The number of hydrogen-bond donors (Lipinski definition) is 0. The Bertz CT molecular complexity index is 839. The van der Waals surface area contributed by atoms with E-state index >= 15 is 0 Å². The number of fused-ring (bicyclic) bond motifs is 1. The molecule has 0 unspecified atom stereocenters. The summed E-state index contributed by atoms with van der Waals surface area (Å²) in [6, 6.07) is 6.75. The molecular formula is C14H15FN8. The number of hydrogen-bond acceptors (Lipinski definition) is 6. The number of anilines is 1. The van der Waals surface area contributed by atoms with Crippen LogP contribution in [0.15, 0.2) is 24.3 Å². The molecule has 0 saturated heterocycles. The molecule has 2 aromatic heterocycles.